The summed E-state index contributed by atoms with van der Waals surface area (Å²) >= 11 is 0. The van der Waals surface area contributed by atoms with Gasteiger partial charge in [-0.15, -0.1) is 0 Å². The van der Waals surface area contributed by atoms with Crippen molar-refractivity contribution in [3.63, 3.8) is 0 Å². The first-order valence-corrected chi connectivity index (χ1v) is 5.58. The van der Waals surface area contributed by atoms with Gasteiger partial charge in [-0.05, 0) is 37.8 Å². The molecule has 2 nitrogen and oxygen atoms in total. The molecule has 1 radical (unpaired) electrons. The highest BCUT2D eigenvalue weighted by Crippen LogP contribution is 2.36. The van der Waals surface area contributed by atoms with Crippen LogP contribution in [0.3, 0.4) is 0 Å². The molecule has 1 fully saturated rings. The second-order valence-corrected chi connectivity index (χ2v) is 4.33. The van der Waals surface area contributed by atoms with E-state index in [0.29, 0.717) is 13.1 Å². The second kappa shape index (κ2) is 4.55. The Bertz CT molecular complexity index is 390. The highest BCUT2D eigenvalue weighted by Gasteiger charge is 2.36. The zero-order valence-electron chi connectivity index (χ0n) is 9.37. The molecule has 0 spiro atoms. The Morgan fingerprint density at radius 3 is 2.82 bits per heavy atom. The van der Waals surface area contributed by atoms with E-state index < -0.39 is 11.7 Å². The normalized spacial score (nSPS) is 21.6. The Balaban J connectivity index is 2.31. The standard InChI is InChI=1S/C12H14F3N2/c1-9-4-3-7-17(8-9)11-10(12(13,14)15)5-2-6-16-11/h2,5-6,9H,1,3-4,7-8H2/t9-/m1/s1. The monoisotopic (exact) mass is 243 g/mol. The molecule has 93 valence electrons. The molecule has 0 saturated carbocycles. The zero-order chi connectivity index (χ0) is 12.5. The molecule has 1 saturated heterocycles. The molecule has 0 unspecified atom stereocenters. The van der Waals surface area contributed by atoms with Gasteiger partial charge in [0.25, 0.3) is 0 Å². The summed E-state index contributed by atoms with van der Waals surface area (Å²) in [6.45, 7) is 5.07. The van der Waals surface area contributed by atoms with Gasteiger partial charge in [-0.1, -0.05) is 0 Å². The predicted octanol–water partition coefficient (Wildman–Crippen LogP) is 3.15. The third kappa shape index (κ3) is 2.70. The summed E-state index contributed by atoms with van der Waals surface area (Å²) < 4.78 is 38.5. The average Bonchev–Trinajstić information content (AvgIpc) is 2.28. The first kappa shape index (κ1) is 12.2. The van der Waals surface area contributed by atoms with Crippen molar-refractivity contribution in [2.75, 3.05) is 18.0 Å². The van der Waals surface area contributed by atoms with Crippen LogP contribution in [0.1, 0.15) is 18.4 Å². The number of pyridine rings is 1. The number of anilines is 1. The van der Waals surface area contributed by atoms with Crippen LogP contribution in [0.5, 0.6) is 0 Å². The first-order valence-electron chi connectivity index (χ1n) is 5.58. The molecule has 2 rings (SSSR count). The molecule has 0 aliphatic carbocycles. The maximum atomic E-state index is 12.8. The molecule has 1 aliphatic rings. The van der Waals surface area contributed by atoms with E-state index in [9.17, 15) is 13.2 Å². The zero-order valence-corrected chi connectivity index (χ0v) is 9.37. The van der Waals surface area contributed by atoms with Crippen molar-refractivity contribution in [1.82, 2.24) is 4.98 Å². The molecule has 1 atom stereocenters. The average molecular weight is 243 g/mol. The minimum Gasteiger partial charge on any atom is -0.356 e. The van der Waals surface area contributed by atoms with Crippen molar-refractivity contribution in [3.05, 3.63) is 30.8 Å². The molecule has 1 aromatic heterocycles. The van der Waals surface area contributed by atoms with Crippen LogP contribution < -0.4 is 4.90 Å². The largest absolute Gasteiger partial charge is 0.419 e. The molecular weight excluding hydrogens is 229 g/mol. The fourth-order valence-electron chi connectivity index (χ4n) is 2.13. The summed E-state index contributed by atoms with van der Waals surface area (Å²) in [5.41, 5.74) is -0.658. The minimum atomic E-state index is -4.35. The first-order chi connectivity index (χ1) is 7.98. The summed E-state index contributed by atoms with van der Waals surface area (Å²) in [5, 5.41) is 0. The van der Waals surface area contributed by atoms with Crippen LogP contribution in [0.2, 0.25) is 0 Å². The van der Waals surface area contributed by atoms with Crippen molar-refractivity contribution in [3.8, 4) is 0 Å². The van der Waals surface area contributed by atoms with Gasteiger partial charge in [0.05, 0.1) is 5.56 Å². The third-order valence-electron chi connectivity index (χ3n) is 2.91. The van der Waals surface area contributed by atoms with Crippen LogP contribution in [-0.2, 0) is 6.18 Å². The lowest BCUT2D eigenvalue weighted by atomic mass is 10.00. The lowest BCUT2D eigenvalue weighted by Crippen LogP contribution is -2.36. The highest BCUT2D eigenvalue weighted by atomic mass is 19.4. The summed E-state index contributed by atoms with van der Waals surface area (Å²) in [6, 6.07) is 2.40. The predicted molar refractivity (Wildman–Crippen MR) is 59.5 cm³/mol. The number of nitrogens with zero attached hydrogens (tertiary/aromatic N) is 2. The number of alkyl halides is 3. The van der Waals surface area contributed by atoms with E-state index in [0.717, 1.165) is 18.9 Å². The smallest absolute Gasteiger partial charge is 0.356 e. The fraction of sp³-hybridized carbons (Fsp3) is 0.500. The maximum Gasteiger partial charge on any atom is 0.419 e. The van der Waals surface area contributed by atoms with Crippen LogP contribution in [0.25, 0.3) is 0 Å². The minimum absolute atomic E-state index is 0.0355. The Morgan fingerprint density at radius 1 is 1.41 bits per heavy atom. The highest BCUT2D eigenvalue weighted by molar-refractivity contribution is 5.48. The van der Waals surface area contributed by atoms with Gasteiger partial charge < -0.3 is 4.90 Å². The van der Waals surface area contributed by atoms with E-state index in [1.165, 1.54) is 12.3 Å². The third-order valence-corrected chi connectivity index (χ3v) is 2.91. The molecule has 0 N–H and O–H groups in total. The van der Waals surface area contributed by atoms with Crippen molar-refractivity contribution < 1.29 is 13.2 Å². The number of hydrogen-bond acceptors (Lipinski definition) is 2. The Hall–Kier alpha value is -1.26. The topological polar surface area (TPSA) is 16.1 Å². The van der Waals surface area contributed by atoms with E-state index in [1.54, 1.807) is 4.90 Å². The van der Waals surface area contributed by atoms with Crippen LogP contribution in [-0.4, -0.2) is 18.1 Å². The molecule has 2 heterocycles. The summed E-state index contributed by atoms with van der Waals surface area (Å²) in [6.07, 6.45) is -1.12. The molecule has 17 heavy (non-hydrogen) atoms. The van der Waals surface area contributed by atoms with Crippen LogP contribution in [0.4, 0.5) is 19.0 Å². The van der Waals surface area contributed by atoms with Gasteiger partial charge in [-0.3, -0.25) is 0 Å². The molecule has 5 heteroatoms. The molecule has 0 aromatic carbocycles. The van der Waals surface area contributed by atoms with Crippen LogP contribution >= 0.6 is 0 Å². The summed E-state index contributed by atoms with van der Waals surface area (Å²) in [5.74, 6) is 0.209. The van der Waals surface area contributed by atoms with Crippen molar-refractivity contribution >= 4 is 5.82 Å². The summed E-state index contributed by atoms with van der Waals surface area (Å²) in [7, 11) is 0. The van der Waals surface area contributed by atoms with Gasteiger partial charge in [0, 0.05) is 19.3 Å². The van der Waals surface area contributed by atoms with E-state index in [4.69, 9.17) is 0 Å². The SMILES string of the molecule is [CH2][C@@H]1CCCN(c2ncccc2C(F)(F)F)C1. The number of hydrogen-bond donors (Lipinski definition) is 0. The quantitative estimate of drug-likeness (QED) is 0.753. The Morgan fingerprint density at radius 2 is 2.18 bits per heavy atom. The van der Waals surface area contributed by atoms with Gasteiger partial charge in [0.15, 0.2) is 0 Å². The molecule has 1 aliphatic heterocycles. The van der Waals surface area contributed by atoms with Crippen molar-refractivity contribution in [2.24, 2.45) is 5.92 Å². The molecule has 0 bridgehead atoms. The van der Waals surface area contributed by atoms with Gasteiger partial charge in [-0.25, -0.2) is 4.98 Å². The van der Waals surface area contributed by atoms with Crippen molar-refractivity contribution in [2.45, 2.75) is 19.0 Å². The molecule has 0 amide bonds. The van der Waals surface area contributed by atoms with Crippen LogP contribution in [0.15, 0.2) is 18.3 Å². The lowest BCUT2D eigenvalue weighted by molar-refractivity contribution is -0.137. The van der Waals surface area contributed by atoms with Gasteiger partial charge >= 0.3 is 6.18 Å². The number of aromatic nitrogens is 1. The van der Waals surface area contributed by atoms with E-state index >= 15 is 0 Å². The van der Waals surface area contributed by atoms with Gasteiger partial charge in [0.1, 0.15) is 5.82 Å². The molecular formula is C12H14F3N2. The van der Waals surface area contributed by atoms with Gasteiger partial charge in [0.2, 0.25) is 0 Å². The second-order valence-electron chi connectivity index (χ2n) is 4.33. The maximum absolute atomic E-state index is 12.8. The van der Waals surface area contributed by atoms with Gasteiger partial charge in [-0.2, -0.15) is 13.2 Å². The van der Waals surface area contributed by atoms with E-state index in [2.05, 4.69) is 11.9 Å². The van der Waals surface area contributed by atoms with Crippen LogP contribution in [0, 0.1) is 12.8 Å². The lowest BCUT2D eigenvalue weighted by Gasteiger charge is -2.33. The number of piperidine rings is 1. The summed E-state index contributed by atoms with van der Waals surface area (Å²) in [4.78, 5) is 5.57. The Labute approximate surface area is 98.5 Å². The number of rotatable bonds is 1. The van der Waals surface area contributed by atoms with E-state index in [1.807, 2.05) is 0 Å². The number of halogens is 3. The van der Waals surface area contributed by atoms with Crippen molar-refractivity contribution in [1.29, 1.82) is 0 Å². The Kier molecular flexibility index (Phi) is 3.26. The fourth-order valence-corrected chi connectivity index (χ4v) is 2.13. The molecule has 1 aromatic rings. The van der Waals surface area contributed by atoms with E-state index in [-0.39, 0.29) is 11.7 Å².